The number of aryl methyl sites for hydroxylation is 1. The summed E-state index contributed by atoms with van der Waals surface area (Å²) >= 11 is 0. The van der Waals surface area contributed by atoms with Crippen LogP contribution in [0.3, 0.4) is 0 Å². The first kappa shape index (κ1) is 10.9. The molecule has 0 unspecified atom stereocenters. The van der Waals surface area contributed by atoms with E-state index in [1.807, 2.05) is 32.9 Å². The highest BCUT2D eigenvalue weighted by molar-refractivity contribution is 5.78. The van der Waals surface area contributed by atoms with Gasteiger partial charge in [0, 0.05) is 30.4 Å². The van der Waals surface area contributed by atoms with Gasteiger partial charge in [0.25, 0.3) is 5.56 Å². The summed E-state index contributed by atoms with van der Waals surface area (Å²) in [6.45, 7) is 6.14. The number of pyridine rings is 2. The monoisotopic (exact) mass is 216 g/mol. The predicted molar refractivity (Wildman–Crippen MR) is 65.7 cm³/mol. The van der Waals surface area contributed by atoms with E-state index in [4.69, 9.17) is 0 Å². The van der Waals surface area contributed by atoms with Crippen LogP contribution in [0.5, 0.6) is 0 Å². The van der Waals surface area contributed by atoms with Crippen LogP contribution in [0.2, 0.25) is 0 Å². The summed E-state index contributed by atoms with van der Waals surface area (Å²) in [5, 5.41) is 1.01. The van der Waals surface area contributed by atoms with Gasteiger partial charge in [-0.2, -0.15) is 0 Å². The van der Waals surface area contributed by atoms with Crippen molar-refractivity contribution in [3.05, 3.63) is 40.4 Å². The van der Waals surface area contributed by atoms with E-state index < -0.39 is 0 Å². The van der Waals surface area contributed by atoms with Crippen molar-refractivity contribution in [3.8, 4) is 0 Å². The molecule has 84 valence electrons. The van der Waals surface area contributed by atoms with Crippen LogP contribution in [-0.4, -0.2) is 9.55 Å². The van der Waals surface area contributed by atoms with E-state index in [-0.39, 0.29) is 11.0 Å². The Morgan fingerprint density at radius 2 is 2.00 bits per heavy atom. The van der Waals surface area contributed by atoms with Gasteiger partial charge in [-0.25, -0.2) is 0 Å². The SMILES string of the molecule is Cn1c(=O)c(C(C)(C)C)cc2cnccc21. The Bertz CT molecular complexity index is 591. The zero-order chi connectivity index (χ0) is 11.9. The molecule has 0 aliphatic heterocycles. The van der Waals surface area contributed by atoms with Crippen molar-refractivity contribution >= 4 is 10.9 Å². The lowest BCUT2D eigenvalue weighted by molar-refractivity contribution is 0.576. The van der Waals surface area contributed by atoms with Gasteiger partial charge in [-0.3, -0.25) is 9.78 Å². The van der Waals surface area contributed by atoms with Crippen LogP contribution in [0.25, 0.3) is 10.9 Å². The fraction of sp³-hybridized carbons (Fsp3) is 0.385. The zero-order valence-electron chi connectivity index (χ0n) is 10.1. The van der Waals surface area contributed by atoms with Gasteiger partial charge in [0.05, 0.1) is 5.52 Å². The molecule has 0 atom stereocenters. The van der Waals surface area contributed by atoms with Crippen molar-refractivity contribution in [2.75, 3.05) is 0 Å². The van der Waals surface area contributed by atoms with E-state index >= 15 is 0 Å². The van der Waals surface area contributed by atoms with Crippen LogP contribution in [0, 0.1) is 0 Å². The quantitative estimate of drug-likeness (QED) is 0.677. The summed E-state index contributed by atoms with van der Waals surface area (Å²) in [6, 6.07) is 3.81. The molecule has 0 saturated carbocycles. The Morgan fingerprint density at radius 3 is 2.62 bits per heavy atom. The van der Waals surface area contributed by atoms with Crippen LogP contribution in [0.4, 0.5) is 0 Å². The Kier molecular flexibility index (Phi) is 2.34. The van der Waals surface area contributed by atoms with E-state index in [1.54, 1.807) is 24.0 Å². The third-order valence-corrected chi connectivity index (χ3v) is 2.83. The highest BCUT2D eigenvalue weighted by Crippen LogP contribution is 2.21. The summed E-state index contributed by atoms with van der Waals surface area (Å²) in [7, 11) is 1.81. The van der Waals surface area contributed by atoms with E-state index in [0.717, 1.165) is 16.5 Å². The van der Waals surface area contributed by atoms with Gasteiger partial charge in [0.15, 0.2) is 0 Å². The van der Waals surface area contributed by atoms with Gasteiger partial charge in [0.2, 0.25) is 0 Å². The third-order valence-electron chi connectivity index (χ3n) is 2.83. The molecule has 3 nitrogen and oxygen atoms in total. The molecule has 16 heavy (non-hydrogen) atoms. The molecule has 0 N–H and O–H groups in total. The molecule has 0 aliphatic rings. The summed E-state index contributed by atoms with van der Waals surface area (Å²) in [5.41, 5.74) is 1.69. The van der Waals surface area contributed by atoms with Crippen LogP contribution < -0.4 is 5.56 Å². The number of aromatic nitrogens is 2. The fourth-order valence-corrected chi connectivity index (χ4v) is 1.86. The van der Waals surface area contributed by atoms with Crippen molar-refractivity contribution < 1.29 is 0 Å². The molecule has 2 aromatic heterocycles. The van der Waals surface area contributed by atoms with Crippen molar-refractivity contribution in [1.29, 1.82) is 0 Å². The molecule has 2 rings (SSSR count). The smallest absolute Gasteiger partial charge is 0.254 e. The second-order valence-electron chi connectivity index (χ2n) is 5.11. The van der Waals surface area contributed by atoms with Crippen molar-refractivity contribution in [2.45, 2.75) is 26.2 Å². The number of hydrogen-bond donors (Lipinski definition) is 0. The van der Waals surface area contributed by atoms with Crippen LogP contribution in [-0.2, 0) is 12.5 Å². The summed E-state index contributed by atoms with van der Waals surface area (Å²) in [6.07, 6.45) is 3.50. The highest BCUT2D eigenvalue weighted by atomic mass is 16.1. The lowest BCUT2D eigenvalue weighted by Crippen LogP contribution is -2.29. The van der Waals surface area contributed by atoms with Crippen molar-refractivity contribution in [1.82, 2.24) is 9.55 Å². The molecule has 3 heteroatoms. The largest absolute Gasteiger partial charge is 0.311 e. The molecule has 0 fully saturated rings. The highest BCUT2D eigenvalue weighted by Gasteiger charge is 2.19. The molecule has 0 saturated heterocycles. The summed E-state index contributed by atoms with van der Waals surface area (Å²) in [5.74, 6) is 0. The molecule has 0 radical (unpaired) electrons. The maximum Gasteiger partial charge on any atom is 0.254 e. The predicted octanol–water partition coefficient (Wildman–Crippen LogP) is 2.23. The average Bonchev–Trinajstić information content (AvgIpc) is 2.22. The van der Waals surface area contributed by atoms with Crippen LogP contribution in [0.1, 0.15) is 26.3 Å². The van der Waals surface area contributed by atoms with E-state index in [0.29, 0.717) is 0 Å². The lowest BCUT2D eigenvalue weighted by Gasteiger charge is -2.19. The molecular formula is C13H16N2O. The number of nitrogens with zero attached hydrogens (tertiary/aromatic N) is 2. The Morgan fingerprint density at radius 1 is 1.31 bits per heavy atom. The van der Waals surface area contributed by atoms with Gasteiger partial charge >= 0.3 is 0 Å². The molecule has 0 amide bonds. The first-order chi connectivity index (χ1) is 7.41. The molecule has 0 spiro atoms. The minimum Gasteiger partial charge on any atom is -0.311 e. The minimum atomic E-state index is -0.140. The minimum absolute atomic E-state index is 0.0752. The maximum atomic E-state index is 12.2. The van der Waals surface area contributed by atoms with E-state index in [2.05, 4.69) is 4.98 Å². The average molecular weight is 216 g/mol. The van der Waals surface area contributed by atoms with Crippen molar-refractivity contribution in [2.24, 2.45) is 7.05 Å². The van der Waals surface area contributed by atoms with Crippen molar-refractivity contribution in [3.63, 3.8) is 0 Å². The maximum absolute atomic E-state index is 12.2. The topological polar surface area (TPSA) is 34.9 Å². The first-order valence-corrected chi connectivity index (χ1v) is 5.35. The summed E-state index contributed by atoms with van der Waals surface area (Å²) in [4.78, 5) is 16.3. The Balaban J connectivity index is 2.90. The number of rotatable bonds is 0. The van der Waals surface area contributed by atoms with Gasteiger partial charge in [-0.15, -0.1) is 0 Å². The lowest BCUT2D eigenvalue weighted by atomic mass is 9.87. The number of hydrogen-bond acceptors (Lipinski definition) is 2. The number of fused-ring (bicyclic) bond motifs is 1. The first-order valence-electron chi connectivity index (χ1n) is 5.35. The van der Waals surface area contributed by atoms with E-state index in [9.17, 15) is 4.79 Å². The van der Waals surface area contributed by atoms with E-state index in [1.165, 1.54) is 0 Å². The molecule has 2 aromatic rings. The second kappa shape index (κ2) is 3.44. The van der Waals surface area contributed by atoms with Crippen LogP contribution >= 0.6 is 0 Å². The Hall–Kier alpha value is -1.64. The second-order valence-corrected chi connectivity index (χ2v) is 5.11. The third kappa shape index (κ3) is 1.62. The van der Waals surface area contributed by atoms with Crippen LogP contribution in [0.15, 0.2) is 29.3 Å². The standard InChI is InChI=1S/C13H16N2O/c1-13(2,3)10-7-9-8-14-6-5-11(9)15(4)12(10)16/h5-8H,1-4H3. The molecule has 2 heterocycles. The van der Waals surface area contributed by atoms with Gasteiger partial charge in [-0.05, 0) is 17.5 Å². The molecule has 0 bridgehead atoms. The van der Waals surface area contributed by atoms with Gasteiger partial charge in [0.1, 0.15) is 0 Å². The molecule has 0 aliphatic carbocycles. The van der Waals surface area contributed by atoms with Gasteiger partial charge in [-0.1, -0.05) is 20.8 Å². The van der Waals surface area contributed by atoms with Gasteiger partial charge < -0.3 is 4.57 Å². The molecule has 0 aromatic carbocycles. The Labute approximate surface area is 94.7 Å². The summed E-state index contributed by atoms with van der Waals surface area (Å²) < 4.78 is 1.69. The fourth-order valence-electron chi connectivity index (χ4n) is 1.86. The zero-order valence-corrected chi connectivity index (χ0v) is 10.1. The normalized spacial score (nSPS) is 12.0. The molecular weight excluding hydrogens is 200 g/mol.